The van der Waals surface area contributed by atoms with Gasteiger partial charge in [0, 0.05) is 26.7 Å². The predicted molar refractivity (Wildman–Crippen MR) is 91.3 cm³/mol. The van der Waals surface area contributed by atoms with Crippen molar-refractivity contribution in [3.8, 4) is 0 Å². The summed E-state index contributed by atoms with van der Waals surface area (Å²) in [5, 5.41) is 0. The normalized spacial score (nSPS) is 26.4. The molecule has 0 aromatic heterocycles. The molecule has 0 amide bonds. The average molecular weight is 302 g/mol. The second kappa shape index (κ2) is 7.12. The van der Waals surface area contributed by atoms with Gasteiger partial charge in [-0.2, -0.15) is 0 Å². The van der Waals surface area contributed by atoms with Gasteiger partial charge in [-0.25, -0.2) is 0 Å². The maximum absolute atomic E-state index is 5.22. The number of nitrogens with zero attached hydrogens (tertiary/aromatic N) is 2. The molecule has 2 heterocycles. The van der Waals surface area contributed by atoms with Crippen molar-refractivity contribution in [2.24, 2.45) is 5.41 Å². The number of rotatable bonds is 4. The van der Waals surface area contributed by atoms with Crippen LogP contribution in [0.3, 0.4) is 0 Å². The Labute approximate surface area is 135 Å². The quantitative estimate of drug-likeness (QED) is 0.850. The Bertz CT molecular complexity index is 454. The lowest BCUT2D eigenvalue weighted by Gasteiger charge is -2.49. The number of likely N-dealkylation sites (tertiary alicyclic amines) is 2. The fourth-order valence-electron chi connectivity index (χ4n) is 4.45. The van der Waals surface area contributed by atoms with Crippen molar-refractivity contribution in [1.82, 2.24) is 9.80 Å². The van der Waals surface area contributed by atoms with E-state index in [0.29, 0.717) is 11.3 Å². The molecule has 2 aliphatic heterocycles. The van der Waals surface area contributed by atoms with E-state index in [0.717, 1.165) is 13.2 Å². The first-order valence-electron chi connectivity index (χ1n) is 8.66. The molecule has 2 saturated heterocycles. The number of methoxy groups -OCH3 is 1. The van der Waals surface area contributed by atoms with Crippen molar-refractivity contribution in [3.05, 3.63) is 35.9 Å². The molecule has 0 N–H and O–H groups in total. The molecule has 0 radical (unpaired) electrons. The van der Waals surface area contributed by atoms with Gasteiger partial charge in [0.1, 0.15) is 0 Å². The average Bonchev–Trinajstić information content (AvgIpc) is 2.55. The molecule has 1 aromatic rings. The summed E-state index contributed by atoms with van der Waals surface area (Å²) < 4.78 is 5.22. The summed E-state index contributed by atoms with van der Waals surface area (Å²) in [6.45, 7) is 6.90. The number of piperidine rings is 2. The molecular weight excluding hydrogens is 272 g/mol. The van der Waals surface area contributed by atoms with Gasteiger partial charge in [0.15, 0.2) is 0 Å². The highest BCUT2D eigenvalue weighted by Crippen LogP contribution is 2.44. The minimum absolute atomic E-state index is 0.525. The van der Waals surface area contributed by atoms with Crippen molar-refractivity contribution < 1.29 is 4.74 Å². The van der Waals surface area contributed by atoms with Crippen molar-refractivity contribution in [2.75, 3.05) is 53.5 Å². The van der Waals surface area contributed by atoms with Gasteiger partial charge in [0.2, 0.25) is 0 Å². The van der Waals surface area contributed by atoms with Crippen LogP contribution in [0.1, 0.15) is 30.7 Å². The molecule has 2 aliphatic rings. The fraction of sp³-hybridized carbons (Fsp3) is 0.684. The number of ether oxygens (including phenoxy) is 1. The third kappa shape index (κ3) is 3.70. The molecule has 122 valence electrons. The Morgan fingerprint density at radius 3 is 2.59 bits per heavy atom. The fourth-order valence-corrected chi connectivity index (χ4v) is 4.45. The van der Waals surface area contributed by atoms with E-state index in [2.05, 4.69) is 47.2 Å². The molecule has 0 saturated carbocycles. The minimum Gasteiger partial charge on any atom is -0.383 e. The van der Waals surface area contributed by atoms with Crippen LogP contribution in [0.2, 0.25) is 0 Å². The highest BCUT2D eigenvalue weighted by Gasteiger charge is 2.41. The molecule has 2 fully saturated rings. The van der Waals surface area contributed by atoms with Crippen molar-refractivity contribution in [1.29, 1.82) is 0 Å². The molecule has 1 atom stereocenters. The molecule has 1 spiro atoms. The monoisotopic (exact) mass is 302 g/mol. The highest BCUT2D eigenvalue weighted by molar-refractivity contribution is 5.21. The molecule has 1 aromatic carbocycles. The van der Waals surface area contributed by atoms with E-state index in [4.69, 9.17) is 4.74 Å². The number of benzene rings is 1. The largest absolute Gasteiger partial charge is 0.383 e. The van der Waals surface area contributed by atoms with Crippen molar-refractivity contribution in [2.45, 2.75) is 25.2 Å². The van der Waals surface area contributed by atoms with Crippen LogP contribution in [0.4, 0.5) is 0 Å². The zero-order valence-corrected chi connectivity index (χ0v) is 14.1. The van der Waals surface area contributed by atoms with E-state index in [1.165, 1.54) is 51.0 Å². The molecule has 0 aliphatic carbocycles. The number of likely N-dealkylation sites (N-methyl/N-ethyl adjacent to an activating group) is 1. The van der Waals surface area contributed by atoms with Gasteiger partial charge in [0.05, 0.1) is 6.61 Å². The number of hydrogen-bond acceptors (Lipinski definition) is 3. The first-order chi connectivity index (χ1) is 10.7. The zero-order valence-electron chi connectivity index (χ0n) is 14.1. The molecule has 22 heavy (non-hydrogen) atoms. The maximum Gasteiger partial charge on any atom is 0.0589 e. The first-order valence-corrected chi connectivity index (χ1v) is 8.66. The molecule has 3 heteroatoms. The third-order valence-electron chi connectivity index (χ3n) is 5.62. The van der Waals surface area contributed by atoms with Crippen LogP contribution < -0.4 is 0 Å². The van der Waals surface area contributed by atoms with E-state index in [1.54, 1.807) is 7.11 Å². The summed E-state index contributed by atoms with van der Waals surface area (Å²) in [7, 11) is 4.10. The van der Waals surface area contributed by atoms with Crippen LogP contribution in [0, 0.1) is 5.41 Å². The molecule has 0 bridgehead atoms. The van der Waals surface area contributed by atoms with Crippen molar-refractivity contribution in [3.63, 3.8) is 0 Å². The van der Waals surface area contributed by atoms with Gasteiger partial charge in [-0.15, -0.1) is 0 Å². The summed E-state index contributed by atoms with van der Waals surface area (Å²) in [6.07, 6.45) is 4.04. The van der Waals surface area contributed by atoms with Crippen LogP contribution in [-0.4, -0.2) is 63.3 Å². The van der Waals surface area contributed by atoms with Crippen LogP contribution >= 0.6 is 0 Å². The van der Waals surface area contributed by atoms with Gasteiger partial charge in [0.25, 0.3) is 0 Å². The van der Waals surface area contributed by atoms with Gasteiger partial charge >= 0.3 is 0 Å². The van der Waals surface area contributed by atoms with Crippen LogP contribution in [0.25, 0.3) is 0 Å². The van der Waals surface area contributed by atoms with Gasteiger partial charge in [-0.1, -0.05) is 30.3 Å². The highest BCUT2D eigenvalue weighted by atomic mass is 16.5. The second-order valence-electron chi connectivity index (χ2n) is 7.34. The van der Waals surface area contributed by atoms with E-state index in [9.17, 15) is 0 Å². The SMILES string of the molecule is COCCN1CCC2(CC1)C[C@H](c1ccccc1)CN(C)C2. The smallest absolute Gasteiger partial charge is 0.0589 e. The van der Waals surface area contributed by atoms with Crippen LogP contribution in [0.15, 0.2) is 30.3 Å². The molecule has 0 unspecified atom stereocenters. The van der Waals surface area contributed by atoms with E-state index < -0.39 is 0 Å². The van der Waals surface area contributed by atoms with Gasteiger partial charge in [-0.3, -0.25) is 0 Å². The second-order valence-corrected chi connectivity index (χ2v) is 7.34. The zero-order chi connectivity index (χ0) is 15.4. The lowest BCUT2D eigenvalue weighted by atomic mass is 9.68. The van der Waals surface area contributed by atoms with Crippen LogP contribution in [0.5, 0.6) is 0 Å². The topological polar surface area (TPSA) is 15.7 Å². The van der Waals surface area contributed by atoms with Gasteiger partial charge < -0.3 is 14.5 Å². The number of hydrogen-bond donors (Lipinski definition) is 0. The Balaban J connectivity index is 1.64. The Morgan fingerprint density at radius 2 is 1.91 bits per heavy atom. The van der Waals surface area contributed by atoms with E-state index in [1.807, 2.05) is 0 Å². The molecule has 3 rings (SSSR count). The maximum atomic E-state index is 5.22. The van der Waals surface area contributed by atoms with E-state index >= 15 is 0 Å². The third-order valence-corrected chi connectivity index (χ3v) is 5.62. The van der Waals surface area contributed by atoms with E-state index in [-0.39, 0.29) is 0 Å². The lowest BCUT2D eigenvalue weighted by molar-refractivity contribution is 0.0173. The minimum atomic E-state index is 0.525. The summed E-state index contributed by atoms with van der Waals surface area (Å²) in [5.74, 6) is 0.700. The summed E-state index contributed by atoms with van der Waals surface area (Å²) in [6, 6.07) is 11.1. The molecule has 3 nitrogen and oxygen atoms in total. The van der Waals surface area contributed by atoms with Crippen molar-refractivity contribution >= 4 is 0 Å². The first kappa shape index (κ1) is 16.0. The summed E-state index contributed by atoms with van der Waals surface area (Å²) >= 11 is 0. The Hall–Kier alpha value is -0.900. The Morgan fingerprint density at radius 1 is 1.18 bits per heavy atom. The lowest BCUT2D eigenvalue weighted by Crippen LogP contribution is -2.50. The summed E-state index contributed by atoms with van der Waals surface area (Å²) in [5.41, 5.74) is 2.05. The van der Waals surface area contributed by atoms with Crippen LogP contribution in [-0.2, 0) is 4.74 Å². The predicted octanol–water partition coefficient (Wildman–Crippen LogP) is 2.83. The summed E-state index contributed by atoms with van der Waals surface area (Å²) in [4.78, 5) is 5.13. The molecular formula is C19H30N2O. The van der Waals surface area contributed by atoms with Gasteiger partial charge in [-0.05, 0) is 56.3 Å². The Kier molecular flexibility index (Phi) is 5.17. The standard InChI is InChI=1S/C19H30N2O/c1-20-15-18(17-6-4-3-5-7-17)14-19(16-20)8-10-21(11-9-19)12-13-22-2/h3-7,18H,8-16H2,1-2H3/t18-/m0/s1.